The summed E-state index contributed by atoms with van der Waals surface area (Å²) >= 11 is 5.17. The summed E-state index contributed by atoms with van der Waals surface area (Å²) in [5.41, 5.74) is 0.192. The second-order valence-electron chi connectivity index (χ2n) is 7.09. The summed E-state index contributed by atoms with van der Waals surface area (Å²) in [6.45, 7) is 8.24. The van der Waals surface area contributed by atoms with Crippen LogP contribution in [0.4, 0.5) is 0 Å². The van der Waals surface area contributed by atoms with Gasteiger partial charge in [-0.05, 0) is 30.8 Å². The summed E-state index contributed by atoms with van der Waals surface area (Å²) in [6, 6.07) is 3.50. The van der Waals surface area contributed by atoms with Gasteiger partial charge in [-0.25, -0.2) is 0 Å². The van der Waals surface area contributed by atoms with E-state index in [0.717, 1.165) is 11.1 Å². The first-order valence-corrected chi connectivity index (χ1v) is 9.29. The number of H-pyrrole nitrogens is 1. The predicted molar refractivity (Wildman–Crippen MR) is 111 cm³/mol. The topological polar surface area (TPSA) is 90.7 Å². The van der Waals surface area contributed by atoms with E-state index < -0.39 is 5.41 Å². The van der Waals surface area contributed by atoms with Crippen LogP contribution < -0.4 is 19.8 Å². The smallest absolute Gasteiger partial charge is 0.297 e. The lowest BCUT2D eigenvalue weighted by Gasteiger charge is -2.16. The summed E-state index contributed by atoms with van der Waals surface area (Å²) in [5.74, 6) is 1.55. The minimum Gasteiger partial charge on any atom is -0.493 e. The van der Waals surface area contributed by atoms with Crippen LogP contribution >= 0.6 is 12.2 Å². The molecule has 0 aliphatic carbocycles. The van der Waals surface area contributed by atoms with Crippen LogP contribution in [-0.4, -0.2) is 41.9 Å². The van der Waals surface area contributed by atoms with Crippen molar-refractivity contribution in [3.05, 3.63) is 38.5 Å². The Morgan fingerprint density at radius 2 is 1.86 bits per heavy atom. The van der Waals surface area contributed by atoms with Crippen LogP contribution in [0.3, 0.4) is 0 Å². The molecular formula is C19H26N4O4S. The molecule has 0 unspecified atom stereocenters. The molecular weight excluding hydrogens is 380 g/mol. The molecule has 0 amide bonds. The van der Waals surface area contributed by atoms with Crippen molar-refractivity contribution in [1.29, 1.82) is 0 Å². The molecule has 9 heteroatoms. The Morgan fingerprint density at radius 1 is 1.25 bits per heavy atom. The molecule has 1 aromatic heterocycles. The molecule has 1 N–H and O–H groups in total. The molecule has 0 saturated carbocycles. The first kappa shape index (κ1) is 21.6. The highest BCUT2D eigenvalue weighted by Gasteiger charge is 2.21. The number of ether oxygens (including phenoxy) is 3. The van der Waals surface area contributed by atoms with Gasteiger partial charge in [0.15, 0.2) is 11.5 Å². The van der Waals surface area contributed by atoms with Gasteiger partial charge in [-0.15, -0.1) is 0 Å². The van der Waals surface area contributed by atoms with Crippen LogP contribution in [0.25, 0.3) is 0 Å². The Balaban J connectivity index is 2.50. The van der Waals surface area contributed by atoms with Gasteiger partial charge in [-0.1, -0.05) is 27.7 Å². The third-order valence-electron chi connectivity index (χ3n) is 3.82. The molecule has 0 atom stereocenters. The third-order valence-corrected chi connectivity index (χ3v) is 4.08. The molecule has 0 spiro atoms. The van der Waals surface area contributed by atoms with Crippen LogP contribution in [0.15, 0.2) is 22.0 Å². The average Bonchev–Trinajstić information content (AvgIpc) is 2.64. The maximum Gasteiger partial charge on any atom is 0.297 e. The van der Waals surface area contributed by atoms with Gasteiger partial charge >= 0.3 is 0 Å². The second-order valence-corrected chi connectivity index (χ2v) is 7.48. The monoisotopic (exact) mass is 406 g/mol. The average molecular weight is 407 g/mol. The van der Waals surface area contributed by atoms with E-state index in [1.165, 1.54) is 6.21 Å². The van der Waals surface area contributed by atoms with Gasteiger partial charge in [0.2, 0.25) is 10.5 Å². The molecule has 1 heterocycles. The lowest BCUT2D eigenvalue weighted by Crippen LogP contribution is -2.32. The molecule has 0 bridgehead atoms. The van der Waals surface area contributed by atoms with E-state index >= 15 is 0 Å². The fourth-order valence-corrected chi connectivity index (χ4v) is 2.61. The van der Waals surface area contributed by atoms with Gasteiger partial charge in [0.1, 0.15) is 5.69 Å². The van der Waals surface area contributed by atoms with Gasteiger partial charge in [0.05, 0.1) is 27.0 Å². The van der Waals surface area contributed by atoms with Crippen molar-refractivity contribution < 1.29 is 14.2 Å². The van der Waals surface area contributed by atoms with E-state index in [1.54, 1.807) is 26.4 Å². The number of rotatable bonds is 7. The lowest BCUT2D eigenvalue weighted by molar-refractivity contribution is 0.275. The Bertz CT molecular complexity index is 948. The van der Waals surface area contributed by atoms with E-state index in [1.807, 2.05) is 27.7 Å². The SMILES string of the molecule is CCCOc1c(OC)cc(/C=N\n2c(=S)[nH]nc(C(C)(C)C)c2=O)cc1OC. The molecule has 2 aromatic rings. The fourth-order valence-electron chi connectivity index (χ4n) is 2.43. The quantitative estimate of drug-likeness (QED) is 0.560. The molecule has 152 valence electrons. The van der Waals surface area contributed by atoms with Gasteiger partial charge in [-0.2, -0.15) is 14.9 Å². The van der Waals surface area contributed by atoms with Crippen LogP contribution in [-0.2, 0) is 5.41 Å². The van der Waals surface area contributed by atoms with Crippen molar-refractivity contribution in [3.8, 4) is 17.2 Å². The predicted octanol–water partition coefficient (Wildman–Crippen LogP) is 3.29. The van der Waals surface area contributed by atoms with E-state index in [0.29, 0.717) is 35.1 Å². The van der Waals surface area contributed by atoms with Crippen LogP contribution in [0.2, 0.25) is 0 Å². The van der Waals surface area contributed by atoms with Crippen molar-refractivity contribution in [2.75, 3.05) is 20.8 Å². The van der Waals surface area contributed by atoms with Gasteiger partial charge in [0, 0.05) is 11.0 Å². The number of hydrogen-bond acceptors (Lipinski definition) is 7. The normalized spacial score (nSPS) is 11.6. The Morgan fingerprint density at radius 3 is 2.36 bits per heavy atom. The van der Waals surface area contributed by atoms with E-state index in [9.17, 15) is 4.79 Å². The van der Waals surface area contributed by atoms with Crippen molar-refractivity contribution in [2.24, 2.45) is 5.10 Å². The zero-order chi connectivity index (χ0) is 20.9. The summed E-state index contributed by atoms with van der Waals surface area (Å²) < 4.78 is 17.8. The molecule has 0 radical (unpaired) electrons. The highest BCUT2D eigenvalue weighted by atomic mass is 32.1. The molecule has 28 heavy (non-hydrogen) atoms. The number of nitrogens with zero attached hydrogens (tertiary/aromatic N) is 3. The van der Waals surface area contributed by atoms with E-state index in [2.05, 4.69) is 15.3 Å². The Kier molecular flexibility index (Phi) is 6.95. The molecule has 0 aliphatic heterocycles. The maximum atomic E-state index is 12.7. The Labute approximate surface area is 169 Å². The highest BCUT2D eigenvalue weighted by Crippen LogP contribution is 2.38. The molecule has 0 aliphatic rings. The van der Waals surface area contributed by atoms with E-state index in [4.69, 9.17) is 26.4 Å². The summed E-state index contributed by atoms with van der Waals surface area (Å²) in [4.78, 5) is 12.7. The van der Waals surface area contributed by atoms with E-state index in [-0.39, 0.29) is 10.3 Å². The van der Waals surface area contributed by atoms with Gasteiger partial charge in [0.25, 0.3) is 5.56 Å². The summed E-state index contributed by atoms with van der Waals surface area (Å²) in [7, 11) is 3.10. The zero-order valence-electron chi connectivity index (χ0n) is 17.0. The van der Waals surface area contributed by atoms with Gasteiger partial charge < -0.3 is 14.2 Å². The third kappa shape index (κ3) is 4.78. The summed E-state index contributed by atoms with van der Waals surface area (Å²) in [6.07, 6.45) is 2.36. The first-order chi connectivity index (χ1) is 13.2. The standard InChI is InChI=1S/C19H26N4O4S/c1-7-8-27-15-13(25-5)9-12(10-14(15)26-6)11-20-23-17(24)16(19(2,3)4)21-22-18(23)28/h9-11H,7-8H2,1-6H3,(H,22,28)/b20-11-. The number of nitrogens with one attached hydrogen (secondary N) is 1. The first-order valence-electron chi connectivity index (χ1n) is 8.88. The van der Waals surface area contributed by atoms with Crippen LogP contribution in [0.1, 0.15) is 45.4 Å². The Hall–Kier alpha value is -2.68. The number of methoxy groups -OCH3 is 2. The fraction of sp³-hybridized carbons (Fsp3) is 0.474. The van der Waals surface area contributed by atoms with Gasteiger partial charge in [-0.3, -0.25) is 9.89 Å². The minimum absolute atomic E-state index is 0.107. The number of hydrogen-bond donors (Lipinski definition) is 1. The molecule has 8 nitrogen and oxygen atoms in total. The van der Waals surface area contributed by atoms with Crippen LogP contribution in [0.5, 0.6) is 17.2 Å². The lowest BCUT2D eigenvalue weighted by atomic mass is 9.93. The van der Waals surface area contributed by atoms with Crippen LogP contribution in [0, 0.1) is 4.77 Å². The highest BCUT2D eigenvalue weighted by molar-refractivity contribution is 7.71. The van der Waals surface area contributed by atoms with Crippen molar-refractivity contribution in [2.45, 2.75) is 39.5 Å². The maximum absolute atomic E-state index is 12.7. The molecule has 0 saturated heterocycles. The molecule has 2 rings (SSSR count). The number of benzene rings is 1. The largest absolute Gasteiger partial charge is 0.493 e. The van der Waals surface area contributed by atoms with Crippen molar-refractivity contribution >= 4 is 18.4 Å². The second kappa shape index (κ2) is 9.01. The summed E-state index contributed by atoms with van der Waals surface area (Å²) in [5, 5.41) is 11.0. The molecule has 0 fully saturated rings. The van der Waals surface area contributed by atoms with Crippen molar-refractivity contribution in [3.63, 3.8) is 0 Å². The zero-order valence-corrected chi connectivity index (χ0v) is 17.8. The minimum atomic E-state index is -0.446. The number of aromatic nitrogens is 3. The number of aromatic amines is 1. The van der Waals surface area contributed by atoms with Crippen molar-refractivity contribution in [1.82, 2.24) is 14.9 Å². The molecule has 1 aromatic carbocycles.